The van der Waals surface area contributed by atoms with Crippen LogP contribution in [-0.4, -0.2) is 34.3 Å². The van der Waals surface area contributed by atoms with E-state index in [1.165, 1.54) is 11.8 Å². The van der Waals surface area contributed by atoms with Gasteiger partial charge in [-0.3, -0.25) is 4.79 Å². The van der Waals surface area contributed by atoms with Crippen LogP contribution >= 0.6 is 11.8 Å². The molecule has 82 valence electrons. The first kappa shape index (κ1) is 12.1. The molecule has 0 aromatic heterocycles. The predicted octanol–water partition coefficient (Wildman–Crippen LogP) is 1.58. The van der Waals surface area contributed by atoms with Gasteiger partial charge in [0, 0.05) is 11.5 Å². The molecule has 1 atom stereocenters. The second-order valence-electron chi connectivity index (χ2n) is 3.10. The van der Waals surface area contributed by atoms with Crippen molar-refractivity contribution in [1.29, 1.82) is 0 Å². The maximum atomic E-state index is 11.0. The lowest BCUT2D eigenvalue weighted by Gasteiger charge is -2.11. The third-order valence-electron chi connectivity index (χ3n) is 2.02. The lowest BCUT2D eigenvalue weighted by Crippen LogP contribution is -2.14. The predicted molar refractivity (Wildman–Crippen MR) is 61.2 cm³/mol. The number of rotatable bonds is 6. The second-order valence-corrected chi connectivity index (χ2v) is 4.25. The Bertz CT molecular complexity index is 300. The third-order valence-corrected chi connectivity index (χ3v) is 3.06. The SMILES string of the molecule is O=C(O)C(CSCCO)c1ccccc1. The highest BCUT2D eigenvalue weighted by Gasteiger charge is 2.18. The first-order valence-electron chi connectivity index (χ1n) is 4.72. The van der Waals surface area contributed by atoms with Crippen molar-refractivity contribution in [2.24, 2.45) is 0 Å². The van der Waals surface area contributed by atoms with Crippen molar-refractivity contribution in [3.05, 3.63) is 35.9 Å². The normalized spacial score (nSPS) is 12.3. The summed E-state index contributed by atoms with van der Waals surface area (Å²) in [5.41, 5.74) is 0.815. The molecule has 1 aromatic carbocycles. The number of aliphatic hydroxyl groups excluding tert-OH is 1. The first-order chi connectivity index (χ1) is 7.25. The molecule has 0 aliphatic heterocycles. The number of aliphatic hydroxyl groups is 1. The summed E-state index contributed by atoms with van der Waals surface area (Å²) in [7, 11) is 0. The highest BCUT2D eigenvalue weighted by molar-refractivity contribution is 7.99. The summed E-state index contributed by atoms with van der Waals surface area (Å²) in [4.78, 5) is 11.0. The summed E-state index contributed by atoms with van der Waals surface area (Å²) in [6.45, 7) is 0.0891. The average molecular weight is 226 g/mol. The number of hydrogen-bond donors (Lipinski definition) is 2. The van der Waals surface area contributed by atoms with E-state index in [1.54, 1.807) is 0 Å². The summed E-state index contributed by atoms with van der Waals surface area (Å²) >= 11 is 1.45. The van der Waals surface area contributed by atoms with Crippen LogP contribution in [0, 0.1) is 0 Å². The Hall–Kier alpha value is -1.00. The lowest BCUT2D eigenvalue weighted by molar-refractivity contribution is -0.138. The Morgan fingerprint density at radius 2 is 2.00 bits per heavy atom. The molecule has 1 aromatic rings. The zero-order chi connectivity index (χ0) is 11.1. The molecule has 3 nitrogen and oxygen atoms in total. The van der Waals surface area contributed by atoms with Crippen LogP contribution in [0.5, 0.6) is 0 Å². The molecular weight excluding hydrogens is 212 g/mol. The van der Waals surface area contributed by atoms with Crippen LogP contribution in [0.25, 0.3) is 0 Å². The van der Waals surface area contributed by atoms with Crippen LogP contribution in [0.2, 0.25) is 0 Å². The first-order valence-corrected chi connectivity index (χ1v) is 5.87. The molecule has 0 bridgehead atoms. The molecule has 1 unspecified atom stereocenters. The van der Waals surface area contributed by atoms with Gasteiger partial charge in [0.15, 0.2) is 0 Å². The van der Waals surface area contributed by atoms with E-state index in [0.29, 0.717) is 11.5 Å². The quantitative estimate of drug-likeness (QED) is 0.723. The van der Waals surface area contributed by atoms with Crippen molar-refractivity contribution in [3.63, 3.8) is 0 Å². The Kier molecular flexibility index (Phi) is 5.21. The van der Waals surface area contributed by atoms with Gasteiger partial charge >= 0.3 is 5.97 Å². The zero-order valence-corrected chi connectivity index (χ0v) is 9.11. The Labute approximate surface area is 93.1 Å². The number of carboxylic acid groups (broad SMARTS) is 1. The molecule has 0 aliphatic rings. The van der Waals surface area contributed by atoms with Crippen molar-refractivity contribution < 1.29 is 15.0 Å². The van der Waals surface area contributed by atoms with Gasteiger partial charge < -0.3 is 10.2 Å². The number of benzene rings is 1. The van der Waals surface area contributed by atoms with Gasteiger partial charge in [-0.25, -0.2) is 0 Å². The van der Waals surface area contributed by atoms with E-state index >= 15 is 0 Å². The monoisotopic (exact) mass is 226 g/mol. The molecule has 0 radical (unpaired) electrons. The van der Waals surface area contributed by atoms with Gasteiger partial charge in [-0.2, -0.15) is 11.8 Å². The maximum Gasteiger partial charge on any atom is 0.311 e. The van der Waals surface area contributed by atoms with E-state index in [0.717, 1.165) is 5.56 Å². The van der Waals surface area contributed by atoms with E-state index < -0.39 is 11.9 Å². The van der Waals surface area contributed by atoms with Gasteiger partial charge in [0.2, 0.25) is 0 Å². The van der Waals surface area contributed by atoms with Crippen molar-refractivity contribution in [2.45, 2.75) is 5.92 Å². The van der Waals surface area contributed by atoms with Crippen LogP contribution in [-0.2, 0) is 4.79 Å². The Morgan fingerprint density at radius 3 is 2.53 bits per heavy atom. The smallest absolute Gasteiger partial charge is 0.311 e. The van der Waals surface area contributed by atoms with Crippen molar-refractivity contribution in [1.82, 2.24) is 0 Å². The van der Waals surface area contributed by atoms with Gasteiger partial charge in [-0.15, -0.1) is 0 Å². The summed E-state index contributed by atoms with van der Waals surface area (Å²) in [6, 6.07) is 9.17. The fourth-order valence-corrected chi connectivity index (χ4v) is 2.13. The summed E-state index contributed by atoms with van der Waals surface area (Å²) < 4.78 is 0. The number of aliphatic carboxylic acids is 1. The van der Waals surface area contributed by atoms with E-state index in [-0.39, 0.29) is 6.61 Å². The third kappa shape index (κ3) is 3.93. The minimum Gasteiger partial charge on any atom is -0.481 e. The fraction of sp³-hybridized carbons (Fsp3) is 0.364. The largest absolute Gasteiger partial charge is 0.481 e. The molecule has 0 spiro atoms. The highest BCUT2D eigenvalue weighted by Crippen LogP contribution is 2.20. The molecule has 0 saturated heterocycles. The van der Waals surface area contributed by atoms with Gasteiger partial charge in [0.1, 0.15) is 0 Å². The lowest BCUT2D eigenvalue weighted by atomic mass is 10.0. The van der Waals surface area contributed by atoms with Crippen LogP contribution in [0.4, 0.5) is 0 Å². The zero-order valence-electron chi connectivity index (χ0n) is 8.30. The van der Waals surface area contributed by atoms with Crippen LogP contribution in [0.1, 0.15) is 11.5 Å². The van der Waals surface area contributed by atoms with E-state index in [2.05, 4.69) is 0 Å². The number of hydrogen-bond acceptors (Lipinski definition) is 3. The molecule has 0 aliphatic carbocycles. The molecule has 2 N–H and O–H groups in total. The highest BCUT2D eigenvalue weighted by atomic mass is 32.2. The fourth-order valence-electron chi connectivity index (χ4n) is 1.26. The molecule has 1 rings (SSSR count). The van der Waals surface area contributed by atoms with Crippen LogP contribution < -0.4 is 0 Å². The Morgan fingerprint density at radius 1 is 1.33 bits per heavy atom. The minimum atomic E-state index is -0.813. The topological polar surface area (TPSA) is 57.5 Å². The molecule has 0 saturated carbocycles. The van der Waals surface area contributed by atoms with Gasteiger partial charge in [-0.05, 0) is 5.56 Å². The van der Waals surface area contributed by atoms with Gasteiger partial charge in [-0.1, -0.05) is 30.3 Å². The maximum absolute atomic E-state index is 11.0. The van der Waals surface area contributed by atoms with E-state index in [9.17, 15) is 4.79 Å². The summed E-state index contributed by atoms with van der Waals surface area (Å²) in [6.07, 6.45) is 0. The molecule has 0 amide bonds. The van der Waals surface area contributed by atoms with Crippen molar-refractivity contribution >= 4 is 17.7 Å². The van der Waals surface area contributed by atoms with Crippen molar-refractivity contribution in [2.75, 3.05) is 18.1 Å². The molecular formula is C11H14O3S. The average Bonchev–Trinajstić information content (AvgIpc) is 2.25. The Balaban J connectivity index is 2.62. The summed E-state index contributed by atoms with van der Waals surface area (Å²) in [5.74, 6) is -0.217. The van der Waals surface area contributed by atoms with Crippen molar-refractivity contribution in [3.8, 4) is 0 Å². The number of thioether (sulfide) groups is 1. The van der Waals surface area contributed by atoms with Crippen LogP contribution in [0.3, 0.4) is 0 Å². The molecule has 0 heterocycles. The van der Waals surface area contributed by atoms with E-state index in [1.807, 2.05) is 30.3 Å². The minimum absolute atomic E-state index is 0.0891. The molecule has 4 heteroatoms. The second kappa shape index (κ2) is 6.48. The number of carboxylic acids is 1. The molecule has 0 fully saturated rings. The standard InChI is InChI=1S/C11H14O3S/c12-6-7-15-8-10(11(13)14)9-4-2-1-3-5-9/h1-5,10,12H,6-8H2,(H,13,14). The molecule has 15 heavy (non-hydrogen) atoms. The van der Waals surface area contributed by atoms with E-state index in [4.69, 9.17) is 10.2 Å². The number of carbonyl (C=O) groups is 1. The van der Waals surface area contributed by atoms with Crippen LogP contribution in [0.15, 0.2) is 30.3 Å². The van der Waals surface area contributed by atoms with Gasteiger partial charge in [0.05, 0.1) is 12.5 Å². The van der Waals surface area contributed by atoms with Gasteiger partial charge in [0.25, 0.3) is 0 Å². The summed E-state index contributed by atoms with van der Waals surface area (Å²) in [5, 5.41) is 17.7.